The van der Waals surface area contributed by atoms with E-state index in [-0.39, 0.29) is 12.0 Å². The van der Waals surface area contributed by atoms with E-state index in [0.29, 0.717) is 31.3 Å². The van der Waals surface area contributed by atoms with Crippen LogP contribution in [0.2, 0.25) is 0 Å². The maximum atomic E-state index is 11.9. The molecule has 6 nitrogen and oxygen atoms in total. The summed E-state index contributed by atoms with van der Waals surface area (Å²) in [6, 6.07) is 1.89. The number of amides is 1. The predicted molar refractivity (Wildman–Crippen MR) is 78.6 cm³/mol. The van der Waals surface area contributed by atoms with Gasteiger partial charge in [-0.15, -0.1) is 0 Å². The normalized spacial score (nSPS) is 19.9. The fourth-order valence-corrected chi connectivity index (χ4v) is 2.57. The van der Waals surface area contributed by atoms with E-state index in [1.165, 1.54) is 0 Å². The molecule has 1 fully saturated rings. The first-order valence-corrected chi connectivity index (χ1v) is 7.64. The van der Waals surface area contributed by atoms with Crippen molar-refractivity contribution in [2.24, 2.45) is 5.92 Å². The Labute approximate surface area is 125 Å². The van der Waals surface area contributed by atoms with E-state index in [2.05, 4.69) is 24.3 Å². The topological polar surface area (TPSA) is 78.6 Å². The van der Waals surface area contributed by atoms with Gasteiger partial charge in [0.05, 0.1) is 24.9 Å². The number of nitrogens with zero attached hydrogens (tertiary/aromatic N) is 2. The van der Waals surface area contributed by atoms with Crippen LogP contribution in [0.15, 0.2) is 10.6 Å². The van der Waals surface area contributed by atoms with Crippen molar-refractivity contribution in [3.63, 3.8) is 0 Å². The molecule has 118 valence electrons. The molecule has 1 aromatic rings. The third kappa shape index (κ3) is 5.47. The molecule has 2 heterocycles. The highest BCUT2D eigenvalue weighted by Gasteiger charge is 2.19. The average Bonchev–Trinajstić information content (AvgIpc) is 2.83. The molecule has 0 spiro atoms. The molecule has 6 heteroatoms. The Hall–Kier alpha value is -1.40. The molecule has 0 radical (unpaired) electrons. The Balaban J connectivity index is 1.72. The largest absolute Gasteiger partial charge is 0.392 e. The van der Waals surface area contributed by atoms with Crippen LogP contribution in [0.5, 0.6) is 0 Å². The first-order chi connectivity index (χ1) is 10.0. The van der Waals surface area contributed by atoms with Gasteiger partial charge in [-0.3, -0.25) is 9.69 Å². The molecule has 0 unspecified atom stereocenters. The lowest BCUT2D eigenvalue weighted by Gasteiger charge is -2.29. The summed E-state index contributed by atoms with van der Waals surface area (Å²) in [6.45, 7) is 6.39. The SMILES string of the molecule is CC(C)Cc1cc(CNC(=O)CN2CCC[C@@H](O)C2)on1. The van der Waals surface area contributed by atoms with Crippen LogP contribution in [0, 0.1) is 5.92 Å². The van der Waals surface area contributed by atoms with Gasteiger partial charge >= 0.3 is 0 Å². The minimum absolute atomic E-state index is 0.0501. The van der Waals surface area contributed by atoms with E-state index in [4.69, 9.17) is 4.52 Å². The number of nitrogens with one attached hydrogen (secondary N) is 1. The Kier molecular flexibility index (Phi) is 5.76. The highest BCUT2D eigenvalue weighted by Crippen LogP contribution is 2.10. The first kappa shape index (κ1) is 16.0. The van der Waals surface area contributed by atoms with Gasteiger partial charge in [0, 0.05) is 12.6 Å². The van der Waals surface area contributed by atoms with E-state index >= 15 is 0 Å². The van der Waals surface area contributed by atoms with Gasteiger partial charge in [0.25, 0.3) is 0 Å². The molecule has 0 aromatic carbocycles. The van der Waals surface area contributed by atoms with Gasteiger partial charge in [-0.1, -0.05) is 19.0 Å². The van der Waals surface area contributed by atoms with Crippen LogP contribution in [0.4, 0.5) is 0 Å². The molecule has 1 atom stereocenters. The van der Waals surface area contributed by atoms with Crippen molar-refractivity contribution in [1.82, 2.24) is 15.4 Å². The number of aromatic nitrogens is 1. The van der Waals surface area contributed by atoms with Crippen molar-refractivity contribution in [2.45, 2.75) is 45.8 Å². The predicted octanol–water partition coefficient (Wildman–Crippen LogP) is 0.946. The Morgan fingerprint density at radius 3 is 3.14 bits per heavy atom. The van der Waals surface area contributed by atoms with Crippen LogP contribution in [0.25, 0.3) is 0 Å². The number of piperidine rings is 1. The number of aliphatic hydroxyl groups excluding tert-OH is 1. The molecule has 2 rings (SSSR count). The molecule has 1 amide bonds. The van der Waals surface area contributed by atoms with E-state index in [0.717, 1.165) is 31.5 Å². The molecule has 21 heavy (non-hydrogen) atoms. The molecule has 1 aliphatic rings. The maximum Gasteiger partial charge on any atom is 0.234 e. The van der Waals surface area contributed by atoms with Crippen molar-refractivity contribution in [1.29, 1.82) is 0 Å². The summed E-state index contributed by atoms with van der Waals surface area (Å²) >= 11 is 0. The highest BCUT2D eigenvalue weighted by molar-refractivity contribution is 5.77. The lowest BCUT2D eigenvalue weighted by atomic mass is 10.1. The fourth-order valence-electron chi connectivity index (χ4n) is 2.57. The number of carbonyl (C=O) groups excluding carboxylic acids is 1. The molecular formula is C15H25N3O3. The lowest BCUT2D eigenvalue weighted by Crippen LogP contribution is -2.44. The van der Waals surface area contributed by atoms with Crippen LogP contribution in [-0.2, 0) is 17.8 Å². The number of β-amino-alcohol motifs (C(OH)–C–C–N with tert-alkyl or cyclic N) is 1. The molecule has 0 saturated carbocycles. The molecule has 1 aromatic heterocycles. The van der Waals surface area contributed by atoms with Gasteiger partial charge < -0.3 is 14.9 Å². The standard InChI is InChI=1S/C15H25N3O3/c1-11(2)6-12-7-14(21-17-12)8-16-15(20)10-18-5-3-4-13(19)9-18/h7,11,13,19H,3-6,8-10H2,1-2H3,(H,16,20)/t13-/m1/s1. The van der Waals surface area contributed by atoms with Crippen LogP contribution in [0.1, 0.15) is 38.1 Å². The average molecular weight is 295 g/mol. The molecular weight excluding hydrogens is 270 g/mol. The van der Waals surface area contributed by atoms with Gasteiger partial charge in [0.2, 0.25) is 5.91 Å². The number of hydrogen-bond acceptors (Lipinski definition) is 5. The number of likely N-dealkylation sites (tertiary alicyclic amines) is 1. The monoisotopic (exact) mass is 295 g/mol. The van der Waals surface area contributed by atoms with E-state index < -0.39 is 0 Å². The highest BCUT2D eigenvalue weighted by atomic mass is 16.5. The third-order valence-corrected chi connectivity index (χ3v) is 3.53. The zero-order chi connectivity index (χ0) is 15.2. The zero-order valence-electron chi connectivity index (χ0n) is 12.8. The van der Waals surface area contributed by atoms with Gasteiger partial charge in [0.1, 0.15) is 0 Å². The number of aliphatic hydroxyl groups is 1. The van der Waals surface area contributed by atoms with Crippen molar-refractivity contribution in [3.8, 4) is 0 Å². The summed E-state index contributed by atoms with van der Waals surface area (Å²) in [5, 5.41) is 16.4. The zero-order valence-corrected chi connectivity index (χ0v) is 12.8. The van der Waals surface area contributed by atoms with Gasteiger partial charge in [0.15, 0.2) is 5.76 Å². The second kappa shape index (κ2) is 7.56. The van der Waals surface area contributed by atoms with Crippen molar-refractivity contribution in [2.75, 3.05) is 19.6 Å². The summed E-state index contributed by atoms with van der Waals surface area (Å²) in [5.41, 5.74) is 0.924. The first-order valence-electron chi connectivity index (χ1n) is 7.64. The van der Waals surface area contributed by atoms with Crippen LogP contribution < -0.4 is 5.32 Å². The maximum absolute atomic E-state index is 11.9. The van der Waals surface area contributed by atoms with Crippen molar-refractivity contribution < 1.29 is 14.4 Å². The van der Waals surface area contributed by atoms with Crippen LogP contribution in [0.3, 0.4) is 0 Å². The quantitative estimate of drug-likeness (QED) is 0.817. The Morgan fingerprint density at radius 1 is 1.62 bits per heavy atom. The molecule has 0 bridgehead atoms. The number of carbonyl (C=O) groups is 1. The summed E-state index contributed by atoms with van der Waals surface area (Å²) in [4.78, 5) is 13.9. The van der Waals surface area contributed by atoms with Crippen LogP contribution in [-0.4, -0.2) is 46.8 Å². The van der Waals surface area contributed by atoms with Crippen molar-refractivity contribution >= 4 is 5.91 Å². The summed E-state index contributed by atoms with van der Waals surface area (Å²) in [7, 11) is 0. The second-order valence-corrected chi connectivity index (χ2v) is 6.19. The minimum atomic E-state index is -0.306. The van der Waals surface area contributed by atoms with Gasteiger partial charge in [-0.2, -0.15) is 0 Å². The molecule has 0 aliphatic carbocycles. The van der Waals surface area contributed by atoms with Crippen LogP contribution >= 0.6 is 0 Å². The van der Waals surface area contributed by atoms with Crippen molar-refractivity contribution in [3.05, 3.63) is 17.5 Å². The van der Waals surface area contributed by atoms with Gasteiger partial charge in [-0.05, 0) is 31.7 Å². The van der Waals surface area contributed by atoms with E-state index in [9.17, 15) is 9.90 Å². The van der Waals surface area contributed by atoms with Gasteiger partial charge in [-0.25, -0.2) is 0 Å². The fraction of sp³-hybridized carbons (Fsp3) is 0.733. The molecule has 2 N–H and O–H groups in total. The van der Waals surface area contributed by atoms with E-state index in [1.54, 1.807) is 0 Å². The number of hydrogen-bond donors (Lipinski definition) is 2. The smallest absolute Gasteiger partial charge is 0.234 e. The number of rotatable bonds is 6. The Morgan fingerprint density at radius 2 is 2.43 bits per heavy atom. The molecule has 1 aliphatic heterocycles. The Bertz CT molecular complexity index is 459. The second-order valence-electron chi connectivity index (χ2n) is 6.19. The lowest BCUT2D eigenvalue weighted by molar-refractivity contribution is -0.123. The summed E-state index contributed by atoms with van der Waals surface area (Å²) < 4.78 is 5.20. The summed E-state index contributed by atoms with van der Waals surface area (Å²) in [5.74, 6) is 1.16. The molecule has 1 saturated heterocycles. The third-order valence-electron chi connectivity index (χ3n) is 3.53. The minimum Gasteiger partial charge on any atom is -0.392 e. The summed E-state index contributed by atoms with van der Waals surface area (Å²) in [6.07, 6.45) is 2.34. The van der Waals surface area contributed by atoms with E-state index in [1.807, 2.05) is 11.0 Å².